The van der Waals surface area contributed by atoms with E-state index in [0.717, 1.165) is 4.47 Å². The lowest BCUT2D eigenvalue weighted by molar-refractivity contribution is -0.142. The van der Waals surface area contributed by atoms with Gasteiger partial charge in [-0.05, 0) is 24.1 Å². The molecule has 0 spiro atoms. The van der Waals surface area contributed by atoms with Crippen molar-refractivity contribution in [3.05, 3.63) is 28.2 Å². The molecule has 0 fully saturated rings. The molecule has 0 saturated heterocycles. The number of rotatable bonds is 5. The van der Waals surface area contributed by atoms with Crippen LogP contribution in [0.15, 0.2) is 22.7 Å². The Bertz CT molecular complexity index is 489. The Morgan fingerprint density at radius 3 is 2.53 bits per heavy atom. The molecule has 6 heteroatoms. The number of carbonyl (C=O) groups excluding carboxylic acids is 1. The lowest BCUT2D eigenvalue weighted by Crippen LogP contribution is -2.35. The Morgan fingerprint density at radius 2 is 2.05 bits per heavy atom. The SMILES string of the molecule is CC(C)C(CNC(=O)c1ccc(Br)cc1N)C(=O)O. The maximum Gasteiger partial charge on any atom is 0.308 e. The first-order valence-corrected chi connectivity index (χ1v) is 6.68. The molecule has 0 aliphatic rings. The van der Waals surface area contributed by atoms with Crippen LogP contribution in [0.1, 0.15) is 24.2 Å². The van der Waals surface area contributed by atoms with Gasteiger partial charge in [-0.3, -0.25) is 9.59 Å². The average molecular weight is 329 g/mol. The number of anilines is 1. The Hall–Kier alpha value is -1.56. The molecule has 0 radical (unpaired) electrons. The molecular formula is C13H17BrN2O3. The molecule has 1 atom stereocenters. The number of carboxylic acid groups (broad SMARTS) is 1. The molecule has 0 aliphatic carbocycles. The Kier molecular flexibility index (Phi) is 5.35. The van der Waals surface area contributed by atoms with Gasteiger partial charge in [-0.15, -0.1) is 0 Å². The molecule has 1 amide bonds. The van der Waals surface area contributed by atoms with E-state index in [1.54, 1.807) is 32.0 Å². The van der Waals surface area contributed by atoms with Crippen molar-refractivity contribution in [3.8, 4) is 0 Å². The van der Waals surface area contributed by atoms with E-state index < -0.39 is 11.9 Å². The quantitative estimate of drug-likeness (QED) is 0.722. The monoisotopic (exact) mass is 328 g/mol. The maximum atomic E-state index is 11.9. The van der Waals surface area contributed by atoms with Crippen LogP contribution in [0.25, 0.3) is 0 Å². The summed E-state index contributed by atoms with van der Waals surface area (Å²) in [6.45, 7) is 3.69. The van der Waals surface area contributed by atoms with Crippen LogP contribution < -0.4 is 11.1 Å². The van der Waals surface area contributed by atoms with Gasteiger partial charge in [0, 0.05) is 16.7 Å². The van der Waals surface area contributed by atoms with Crippen molar-refractivity contribution in [2.45, 2.75) is 13.8 Å². The van der Waals surface area contributed by atoms with Crippen LogP contribution in [0.5, 0.6) is 0 Å². The minimum atomic E-state index is -0.918. The van der Waals surface area contributed by atoms with Crippen molar-refractivity contribution in [3.63, 3.8) is 0 Å². The number of nitrogens with two attached hydrogens (primary N) is 1. The third kappa shape index (κ3) is 4.24. The summed E-state index contributed by atoms with van der Waals surface area (Å²) < 4.78 is 0.784. The number of halogens is 1. The molecule has 0 heterocycles. The van der Waals surface area contributed by atoms with Gasteiger partial charge in [0.2, 0.25) is 0 Å². The van der Waals surface area contributed by atoms with E-state index >= 15 is 0 Å². The molecule has 0 aromatic heterocycles. The minimum absolute atomic E-state index is 0.0555. The second kappa shape index (κ2) is 6.56. The van der Waals surface area contributed by atoms with Crippen LogP contribution in [0, 0.1) is 11.8 Å². The summed E-state index contributed by atoms with van der Waals surface area (Å²) in [5.41, 5.74) is 6.44. The zero-order chi connectivity index (χ0) is 14.6. The first-order chi connectivity index (χ1) is 8.82. The molecule has 0 aliphatic heterocycles. The number of amides is 1. The molecule has 1 aromatic carbocycles. The molecular weight excluding hydrogens is 312 g/mol. The van der Waals surface area contributed by atoms with Crippen molar-refractivity contribution >= 4 is 33.5 Å². The minimum Gasteiger partial charge on any atom is -0.481 e. The fourth-order valence-corrected chi connectivity index (χ4v) is 2.03. The maximum absolute atomic E-state index is 11.9. The lowest BCUT2D eigenvalue weighted by Gasteiger charge is -2.17. The van der Waals surface area contributed by atoms with Crippen LogP contribution in [-0.2, 0) is 4.79 Å². The van der Waals surface area contributed by atoms with E-state index in [0.29, 0.717) is 11.3 Å². The van der Waals surface area contributed by atoms with Gasteiger partial charge in [-0.1, -0.05) is 29.8 Å². The number of benzene rings is 1. The zero-order valence-corrected chi connectivity index (χ0v) is 12.4. The first kappa shape index (κ1) is 15.5. The highest BCUT2D eigenvalue weighted by Gasteiger charge is 2.22. The predicted molar refractivity (Wildman–Crippen MR) is 76.9 cm³/mol. The largest absolute Gasteiger partial charge is 0.481 e. The summed E-state index contributed by atoms with van der Waals surface area (Å²) in [7, 11) is 0. The van der Waals surface area contributed by atoms with Crippen LogP contribution in [0.3, 0.4) is 0 Å². The Balaban J connectivity index is 2.72. The van der Waals surface area contributed by atoms with Gasteiger partial charge in [0.1, 0.15) is 0 Å². The topological polar surface area (TPSA) is 92.4 Å². The van der Waals surface area contributed by atoms with Crippen LogP contribution in [0.2, 0.25) is 0 Å². The fourth-order valence-electron chi connectivity index (χ4n) is 1.65. The molecule has 5 nitrogen and oxygen atoms in total. The number of nitrogen functional groups attached to an aromatic ring is 1. The Morgan fingerprint density at radius 1 is 1.42 bits per heavy atom. The molecule has 1 aromatic rings. The van der Waals surface area contributed by atoms with Crippen LogP contribution in [-0.4, -0.2) is 23.5 Å². The summed E-state index contributed by atoms with van der Waals surface area (Å²) in [6.07, 6.45) is 0. The van der Waals surface area contributed by atoms with Crippen molar-refractivity contribution in [2.24, 2.45) is 11.8 Å². The lowest BCUT2D eigenvalue weighted by atomic mass is 9.96. The van der Waals surface area contributed by atoms with Gasteiger partial charge < -0.3 is 16.2 Å². The second-order valence-electron chi connectivity index (χ2n) is 4.63. The molecule has 19 heavy (non-hydrogen) atoms. The summed E-state index contributed by atoms with van der Waals surface area (Å²) in [5.74, 6) is -1.95. The summed E-state index contributed by atoms with van der Waals surface area (Å²) in [6, 6.07) is 4.94. The standard InChI is InChI=1S/C13H17BrN2O3/c1-7(2)10(13(18)19)6-16-12(17)9-4-3-8(14)5-11(9)15/h3-5,7,10H,6,15H2,1-2H3,(H,16,17)(H,18,19). The molecule has 1 unspecified atom stereocenters. The number of carboxylic acids is 1. The summed E-state index contributed by atoms with van der Waals surface area (Å²) in [5, 5.41) is 11.6. The third-order valence-electron chi connectivity index (χ3n) is 2.86. The zero-order valence-electron chi connectivity index (χ0n) is 10.8. The predicted octanol–water partition coefficient (Wildman–Crippen LogP) is 2.12. The highest BCUT2D eigenvalue weighted by molar-refractivity contribution is 9.10. The van der Waals surface area contributed by atoms with E-state index in [9.17, 15) is 9.59 Å². The van der Waals surface area contributed by atoms with Crippen molar-refractivity contribution in [2.75, 3.05) is 12.3 Å². The van der Waals surface area contributed by atoms with Crippen LogP contribution in [0.4, 0.5) is 5.69 Å². The van der Waals surface area contributed by atoms with Crippen LogP contribution >= 0.6 is 15.9 Å². The fraction of sp³-hybridized carbons (Fsp3) is 0.385. The number of hydrogen-bond acceptors (Lipinski definition) is 3. The van der Waals surface area contributed by atoms with Gasteiger partial charge in [-0.25, -0.2) is 0 Å². The number of carbonyl (C=O) groups is 2. The molecule has 1 rings (SSSR count). The molecule has 0 saturated carbocycles. The Labute approximate surface area is 120 Å². The molecule has 0 bridgehead atoms. The smallest absolute Gasteiger partial charge is 0.308 e. The van der Waals surface area contributed by atoms with Crippen molar-refractivity contribution < 1.29 is 14.7 Å². The number of aliphatic carboxylic acids is 1. The van der Waals surface area contributed by atoms with E-state index in [1.807, 2.05) is 0 Å². The van der Waals surface area contributed by atoms with Gasteiger partial charge >= 0.3 is 5.97 Å². The second-order valence-corrected chi connectivity index (χ2v) is 5.55. The summed E-state index contributed by atoms with van der Waals surface area (Å²) in [4.78, 5) is 22.9. The van der Waals surface area contributed by atoms with E-state index in [4.69, 9.17) is 10.8 Å². The van der Waals surface area contributed by atoms with E-state index in [1.165, 1.54) is 0 Å². The van der Waals surface area contributed by atoms with Crippen molar-refractivity contribution in [1.82, 2.24) is 5.32 Å². The molecule has 104 valence electrons. The average Bonchev–Trinajstić information content (AvgIpc) is 2.27. The summed E-state index contributed by atoms with van der Waals surface area (Å²) >= 11 is 3.26. The van der Waals surface area contributed by atoms with Gasteiger partial charge in [0.05, 0.1) is 11.5 Å². The highest BCUT2D eigenvalue weighted by Crippen LogP contribution is 2.18. The van der Waals surface area contributed by atoms with Gasteiger partial charge in [-0.2, -0.15) is 0 Å². The van der Waals surface area contributed by atoms with Gasteiger partial charge in [0.25, 0.3) is 5.91 Å². The highest BCUT2D eigenvalue weighted by atomic mass is 79.9. The van der Waals surface area contributed by atoms with E-state index in [-0.39, 0.29) is 18.4 Å². The normalized spacial score (nSPS) is 12.2. The van der Waals surface area contributed by atoms with E-state index in [2.05, 4.69) is 21.2 Å². The van der Waals surface area contributed by atoms with Crippen molar-refractivity contribution in [1.29, 1.82) is 0 Å². The number of hydrogen-bond donors (Lipinski definition) is 3. The van der Waals surface area contributed by atoms with Gasteiger partial charge in [0.15, 0.2) is 0 Å². The third-order valence-corrected chi connectivity index (χ3v) is 3.36. The first-order valence-electron chi connectivity index (χ1n) is 5.89. The molecule has 4 N–H and O–H groups in total. The number of nitrogens with one attached hydrogen (secondary N) is 1.